The summed E-state index contributed by atoms with van der Waals surface area (Å²) in [5.41, 5.74) is 8.72. The van der Waals surface area contributed by atoms with Crippen molar-refractivity contribution in [2.45, 2.75) is 0 Å². The minimum Gasteiger partial charge on any atom is -0.399 e. The van der Waals surface area contributed by atoms with Gasteiger partial charge in [-0.05, 0) is 34.1 Å². The van der Waals surface area contributed by atoms with E-state index < -0.39 is 0 Å². The number of fused-ring (bicyclic) bond motifs is 3. The number of hydrogen-bond donors (Lipinski definition) is 1. The van der Waals surface area contributed by atoms with E-state index in [0.29, 0.717) is 11.3 Å². The first-order valence-corrected chi connectivity index (χ1v) is 5.10. The molecule has 0 amide bonds. The third kappa shape index (κ3) is 1.18. The SMILES string of the molecule is Nc1ccc2nnc3c(Br)cnn3c2c1. The Labute approximate surface area is 93.0 Å². The fourth-order valence-electron chi connectivity index (χ4n) is 1.48. The van der Waals surface area contributed by atoms with Crippen LogP contribution in [0.15, 0.2) is 28.9 Å². The number of rotatable bonds is 0. The lowest BCUT2D eigenvalue weighted by Gasteiger charge is -2.00. The van der Waals surface area contributed by atoms with Gasteiger partial charge in [-0.15, -0.1) is 10.2 Å². The van der Waals surface area contributed by atoms with Gasteiger partial charge in [0.2, 0.25) is 0 Å². The Morgan fingerprint density at radius 1 is 1.27 bits per heavy atom. The van der Waals surface area contributed by atoms with Crippen LogP contribution >= 0.6 is 15.9 Å². The lowest BCUT2D eigenvalue weighted by Crippen LogP contribution is -1.97. The van der Waals surface area contributed by atoms with E-state index in [2.05, 4.69) is 31.2 Å². The van der Waals surface area contributed by atoms with Gasteiger partial charge in [0.05, 0.1) is 16.2 Å². The topological polar surface area (TPSA) is 69.1 Å². The van der Waals surface area contributed by atoms with Crippen molar-refractivity contribution in [1.82, 2.24) is 19.8 Å². The monoisotopic (exact) mass is 263 g/mol. The van der Waals surface area contributed by atoms with Gasteiger partial charge in [0.15, 0.2) is 5.65 Å². The zero-order valence-corrected chi connectivity index (χ0v) is 9.14. The summed E-state index contributed by atoms with van der Waals surface area (Å²) in [7, 11) is 0. The zero-order valence-electron chi connectivity index (χ0n) is 7.55. The number of aromatic nitrogens is 4. The number of hydrogen-bond acceptors (Lipinski definition) is 4. The van der Waals surface area contributed by atoms with Crippen molar-refractivity contribution in [1.29, 1.82) is 0 Å². The number of nitrogens with zero attached hydrogens (tertiary/aromatic N) is 4. The first kappa shape index (κ1) is 8.60. The van der Waals surface area contributed by atoms with Crippen LogP contribution in [0.25, 0.3) is 16.7 Å². The van der Waals surface area contributed by atoms with E-state index in [1.807, 2.05) is 12.1 Å². The van der Waals surface area contributed by atoms with Crippen molar-refractivity contribution in [3.05, 3.63) is 28.9 Å². The van der Waals surface area contributed by atoms with Crippen molar-refractivity contribution < 1.29 is 0 Å². The fraction of sp³-hybridized carbons (Fsp3) is 0. The average Bonchev–Trinajstić information content (AvgIpc) is 2.61. The highest BCUT2D eigenvalue weighted by atomic mass is 79.9. The molecular formula is C9H6BrN5. The molecule has 3 aromatic rings. The predicted octanol–water partition coefficient (Wildman–Crippen LogP) is 1.62. The fourth-order valence-corrected chi connectivity index (χ4v) is 1.82. The maximum atomic E-state index is 5.72. The summed E-state index contributed by atoms with van der Waals surface area (Å²) in [5, 5.41) is 12.3. The molecule has 1 aromatic carbocycles. The smallest absolute Gasteiger partial charge is 0.192 e. The molecule has 5 nitrogen and oxygen atoms in total. The second kappa shape index (κ2) is 2.90. The summed E-state index contributed by atoms with van der Waals surface area (Å²) >= 11 is 3.35. The van der Waals surface area contributed by atoms with Crippen molar-refractivity contribution in [2.75, 3.05) is 5.73 Å². The molecule has 6 heteroatoms. The highest BCUT2D eigenvalue weighted by Gasteiger charge is 2.07. The summed E-state index contributed by atoms with van der Waals surface area (Å²) < 4.78 is 2.53. The van der Waals surface area contributed by atoms with Crippen LogP contribution in [-0.2, 0) is 0 Å². The molecule has 0 radical (unpaired) electrons. The van der Waals surface area contributed by atoms with Gasteiger partial charge in [0.1, 0.15) is 5.52 Å². The molecule has 2 heterocycles. The summed E-state index contributed by atoms with van der Waals surface area (Å²) in [5.74, 6) is 0. The van der Waals surface area contributed by atoms with Crippen molar-refractivity contribution in [2.24, 2.45) is 0 Å². The molecular weight excluding hydrogens is 258 g/mol. The summed E-state index contributed by atoms with van der Waals surface area (Å²) in [6.45, 7) is 0. The second-order valence-electron chi connectivity index (χ2n) is 3.18. The van der Waals surface area contributed by atoms with E-state index in [9.17, 15) is 0 Å². The van der Waals surface area contributed by atoms with Crippen LogP contribution < -0.4 is 5.73 Å². The Morgan fingerprint density at radius 3 is 3.00 bits per heavy atom. The zero-order chi connectivity index (χ0) is 10.4. The van der Waals surface area contributed by atoms with Crippen LogP contribution in [-0.4, -0.2) is 19.8 Å². The van der Waals surface area contributed by atoms with Crippen molar-refractivity contribution >= 4 is 38.3 Å². The van der Waals surface area contributed by atoms with Gasteiger partial charge in [0.25, 0.3) is 0 Å². The quantitative estimate of drug-likeness (QED) is 0.626. The van der Waals surface area contributed by atoms with Gasteiger partial charge >= 0.3 is 0 Å². The normalized spacial score (nSPS) is 11.3. The molecule has 0 saturated carbocycles. The second-order valence-corrected chi connectivity index (χ2v) is 4.03. The highest BCUT2D eigenvalue weighted by molar-refractivity contribution is 9.10. The van der Waals surface area contributed by atoms with Crippen LogP contribution in [0, 0.1) is 0 Å². The number of nitrogens with two attached hydrogens (primary N) is 1. The molecule has 0 spiro atoms. The molecule has 3 rings (SSSR count). The number of anilines is 1. The Morgan fingerprint density at radius 2 is 2.13 bits per heavy atom. The minimum atomic E-state index is 0.684. The van der Waals surface area contributed by atoms with E-state index >= 15 is 0 Å². The molecule has 0 aliphatic rings. The van der Waals surface area contributed by atoms with E-state index in [1.165, 1.54) is 0 Å². The highest BCUT2D eigenvalue weighted by Crippen LogP contribution is 2.20. The van der Waals surface area contributed by atoms with Crippen molar-refractivity contribution in [3.63, 3.8) is 0 Å². The lowest BCUT2D eigenvalue weighted by molar-refractivity contribution is 0.943. The maximum absolute atomic E-state index is 5.72. The maximum Gasteiger partial charge on any atom is 0.192 e. The number of benzene rings is 1. The molecule has 0 atom stereocenters. The molecule has 15 heavy (non-hydrogen) atoms. The summed E-state index contributed by atoms with van der Waals surface area (Å²) in [6, 6.07) is 5.45. The Balaban J connectivity index is 2.57. The standard InChI is InChI=1S/C9H6BrN5/c10-6-4-12-15-8-3-5(11)1-2-7(8)13-14-9(6)15/h1-4H,11H2. The van der Waals surface area contributed by atoms with Crippen molar-refractivity contribution in [3.8, 4) is 0 Å². The van der Waals surface area contributed by atoms with E-state index in [1.54, 1.807) is 16.8 Å². The predicted molar refractivity (Wildman–Crippen MR) is 60.4 cm³/mol. The molecule has 0 unspecified atom stereocenters. The van der Waals surface area contributed by atoms with E-state index in [0.717, 1.165) is 15.5 Å². The number of nitrogen functional groups attached to an aromatic ring is 1. The third-order valence-corrected chi connectivity index (χ3v) is 2.74. The Kier molecular flexibility index (Phi) is 1.66. The summed E-state index contributed by atoms with van der Waals surface area (Å²) in [4.78, 5) is 0. The van der Waals surface area contributed by atoms with E-state index in [4.69, 9.17) is 5.73 Å². The summed E-state index contributed by atoms with van der Waals surface area (Å²) in [6.07, 6.45) is 1.69. The Hall–Kier alpha value is -1.69. The van der Waals surface area contributed by atoms with Gasteiger partial charge in [-0.1, -0.05) is 0 Å². The van der Waals surface area contributed by atoms with Gasteiger partial charge < -0.3 is 5.73 Å². The van der Waals surface area contributed by atoms with Crippen LogP contribution in [0.1, 0.15) is 0 Å². The van der Waals surface area contributed by atoms with Gasteiger partial charge in [0, 0.05) is 5.69 Å². The molecule has 0 fully saturated rings. The lowest BCUT2D eigenvalue weighted by atomic mass is 10.3. The molecule has 0 aliphatic carbocycles. The molecule has 2 N–H and O–H groups in total. The number of halogens is 1. The van der Waals surface area contributed by atoms with Crippen LogP contribution in [0.3, 0.4) is 0 Å². The minimum absolute atomic E-state index is 0.684. The first-order valence-electron chi connectivity index (χ1n) is 4.31. The van der Waals surface area contributed by atoms with Crippen LogP contribution in [0.5, 0.6) is 0 Å². The van der Waals surface area contributed by atoms with E-state index in [-0.39, 0.29) is 0 Å². The average molecular weight is 264 g/mol. The molecule has 0 saturated heterocycles. The van der Waals surface area contributed by atoms with Gasteiger partial charge in [-0.3, -0.25) is 0 Å². The Bertz CT molecular complexity index is 660. The molecule has 74 valence electrons. The van der Waals surface area contributed by atoms with Crippen LogP contribution in [0.4, 0.5) is 5.69 Å². The first-order chi connectivity index (χ1) is 7.25. The largest absolute Gasteiger partial charge is 0.399 e. The molecule has 2 aromatic heterocycles. The molecule has 0 bridgehead atoms. The van der Waals surface area contributed by atoms with Crippen LogP contribution in [0.2, 0.25) is 0 Å². The van der Waals surface area contributed by atoms with Gasteiger partial charge in [-0.25, -0.2) is 4.52 Å². The third-order valence-electron chi connectivity index (χ3n) is 2.18. The van der Waals surface area contributed by atoms with Gasteiger partial charge in [-0.2, -0.15) is 5.10 Å². The molecule has 0 aliphatic heterocycles.